The van der Waals surface area contributed by atoms with Gasteiger partial charge in [-0.1, -0.05) is 30.3 Å². The summed E-state index contributed by atoms with van der Waals surface area (Å²) in [4.78, 5) is 26.8. The summed E-state index contributed by atoms with van der Waals surface area (Å²) in [5.74, 6) is 0.442. The van der Waals surface area contributed by atoms with Gasteiger partial charge in [0.05, 0.1) is 11.6 Å². The molecule has 29 heavy (non-hydrogen) atoms. The van der Waals surface area contributed by atoms with Crippen LogP contribution in [0.5, 0.6) is 5.75 Å². The molecular formula is C23H25N3O3. The molecule has 2 amide bonds. The summed E-state index contributed by atoms with van der Waals surface area (Å²) in [6.45, 7) is 3.33. The first-order valence-electron chi connectivity index (χ1n) is 9.84. The van der Waals surface area contributed by atoms with E-state index in [1.165, 1.54) is 0 Å². The van der Waals surface area contributed by atoms with Crippen LogP contribution in [0.4, 0.5) is 0 Å². The van der Waals surface area contributed by atoms with E-state index in [1.54, 1.807) is 36.1 Å². The third-order valence-electron chi connectivity index (χ3n) is 5.13. The monoisotopic (exact) mass is 391 g/mol. The number of nitrogens with one attached hydrogen (secondary N) is 1. The number of amides is 2. The maximum atomic E-state index is 12.7. The first-order chi connectivity index (χ1) is 14.1. The van der Waals surface area contributed by atoms with Crippen molar-refractivity contribution in [1.82, 2.24) is 10.2 Å². The van der Waals surface area contributed by atoms with E-state index in [4.69, 9.17) is 10.00 Å². The van der Waals surface area contributed by atoms with Crippen LogP contribution in [0.2, 0.25) is 0 Å². The zero-order valence-electron chi connectivity index (χ0n) is 16.5. The van der Waals surface area contributed by atoms with E-state index in [1.807, 2.05) is 36.4 Å². The summed E-state index contributed by atoms with van der Waals surface area (Å²) in [5, 5.41) is 11.8. The fourth-order valence-electron chi connectivity index (χ4n) is 3.41. The van der Waals surface area contributed by atoms with Crippen molar-refractivity contribution in [1.29, 1.82) is 5.26 Å². The second kappa shape index (κ2) is 9.74. The highest BCUT2D eigenvalue weighted by molar-refractivity contribution is 5.82. The minimum Gasteiger partial charge on any atom is -0.481 e. The minimum atomic E-state index is -0.619. The molecule has 0 aliphatic carbocycles. The highest BCUT2D eigenvalue weighted by Crippen LogP contribution is 2.20. The Kier molecular flexibility index (Phi) is 6.85. The molecule has 6 nitrogen and oxygen atoms in total. The molecule has 0 radical (unpaired) electrons. The number of benzene rings is 2. The van der Waals surface area contributed by atoms with Gasteiger partial charge in [-0.2, -0.15) is 5.26 Å². The third-order valence-corrected chi connectivity index (χ3v) is 5.13. The first-order valence-corrected chi connectivity index (χ1v) is 9.84. The van der Waals surface area contributed by atoms with Crippen LogP contribution >= 0.6 is 0 Å². The molecule has 2 aromatic rings. The van der Waals surface area contributed by atoms with Crippen molar-refractivity contribution in [2.75, 3.05) is 13.1 Å². The summed E-state index contributed by atoms with van der Waals surface area (Å²) < 4.78 is 5.71. The van der Waals surface area contributed by atoms with Crippen molar-refractivity contribution < 1.29 is 14.3 Å². The molecule has 0 spiro atoms. The lowest BCUT2D eigenvalue weighted by Gasteiger charge is -2.33. The van der Waals surface area contributed by atoms with Crippen molar-refractivity contribution in [2.45, 2.75) is 32.4 Å². The molecule has 0 saturated carbocycles. The number of carbonyl (C=O) groups is 2. The summed E-state index contributed by atoms with van der Waals surface area (Å²) in [6, 6.07) is 18.6. The predicted octanol–water partition coefficient (Wildman–Crippen LogP) is 2.88. The Labute approximate surface area is 171 Å². The lowest BCUT2D eigenvalue weighted by atomic mass is 9.95. The smallest absolute Gasteiger partial charge is 0.263 e. The SMILES string of the molecule is CC(Oc1ccc(C#N)cc1)C(=O)N1CCC(C(=O)NCc2ccccc2)CC1. The van der Waals surface area contributed by atoms with Crippen LogP contribution in [0.3, 0.4) is 0 Å². The van der Waals surface area contributed by atoms with Gasteiger partial charge < -0.3 is 15.0 Å². The molecule has 1 N–H and O–H groups in total. The number of hydrogen-bond donors (Lipinski definition) is 1. The number of hydrogen-bond acceptors (Lipinski definition) is 4. The lowest BCUT2D eigenvalue weighted by molar-refractivity contribution is -0.141. The van der Waals surface area contributed by atoms with Gasteiger partial charge in [-0.25, -0.2) is 0 Å². The molecule has 1 saturated heterocycles. The number of nitriles is 1. The number of nitrogens with zero attached hydrogens (tertiary/aromatic N) is 2. The van der Waals surface area contributed by atoms with Gasteiger partial charge in [-0.3, -0.25) is 9.59 Å². The Morgan fingerprint density at radius 2 is 1.79 bits per heavy atom. The van der Waals surface area contributed by atoms with Crippen molar-refractivity contribution in [2.24, 2.45) is 5.92 Å². The predicted molar refractivity (Wildman–Crippen MR) is 109 cm³/mol. The molecule has 1 fully saturated rings. The molecule has 1 unspecified atom stereocenters. The van der Waals surface area contributed by atoms with E-state index in [0.29, 0.717) is 43.8 Å². The average Bonchev–Trinajstić information content (AvgIpc) is 2.78. The molecule has 1 atom stereocenters. The fourth-order valence-corrected chi connectivity index (χ4v) is 3.41. The largest absolute Gasteiger partial charge is 0.481 e. The van der Waals surface area contributed by atoms with Crippen molar-refractivity contribution in [3.8, 4) is 11.8 Å². The van der Waals surface area contributed by atoms with Crippen LogP contribution in [-0.2, 0) is 16.1 Å². The molecule has 150 valence electrons. The normalized spacial score (nSPS) is 15.2. The van der Waals surface area contributed by atoms with Gasteiger partial charge in [-0.15, -0.1) is 0 Å². The van der Waals surface area contributed by atoms with Crippen LogP contribution in [0.25, 0.3) is 0 Å². The van der Waals surface area contributed by atoms with Crippen molar-refractivity contribution in [3.63, 3.8) is 0 Å². The van der Waals surface area contributed by atoms with Gasteiger partial charge >= 0.3 is 0 Å². The molecule has 0 bridgehead atoms. The van der Waals surface area contributed by atoms with Gasteiger partial charge in [0.15, 0.2) is 6.10 Å². The first kappa shape index (κ1) is 20.4. The lowest BCUT2D eigenvalue weighted by Crippen LogP contribution is -2.47. The van der Waals surface area contributed by atoms with Gasteiger partial charge in [0, 0.05) is 25.6 Å². The summed E-state index contributed by atoms with van der Waals surface area (Å²) >= 11 is 0. The zero-order valence-corrected chi connectivity index (χ0v) is 16.5. The highest BCUT2D eigenvalue weighted by Gasteiger charge is 2.30. The highest BCUT2D eigenvalue weighted by atomic mass is 16.5. The van der Waals surface area contributed by atoms with Gasteiger partial charge in [-0.05, 0) is 49.6 Å². The second-order valence-electron chi connectivity index (χ2n) is 7.20. The van der Waals surface area contributed by atoms with Crippen LogP contribution in [0.15, 0.2) is 54.6 Å². The molecule has 2 aromatic carbocycles. The molecule has 1 aliphatic rings. The van der Waals surface area contributed by atoms with Gasteiger partial charge in [0.25, 0.3) is 5.91 Å². The molecule has 1 aliphatic heterocycles. The molecule has 6 heteroatoms. The molecule has 0 aromatic heterocycles. The Balaban J connectivity index is 1.44. The summed E-state index contributed by atoms with van der Waals surface area (Å²) in [7, 11) is 0. The van der Waals surface area contributed by atoms with E-state index in [2.05, 4.69) is 5.32 Å². The Morgan fingerprint density at radius 3 is 2.41 bits per heavy atom. The number of ether oxygens (including phenoxy) is 1. The van der Waals surface area contributed by atoms with Crippen LogP contribution in [-0.4, -0.2) is 35.9 Å². The maximum Gasteiger partial charge on any atom is 0.263 e. The number of rotatable bonds is 6. The van der Waals surface area contributed by atoms with Crippen LogP contribution in [0, 0.1) is 17.2 Å². The summed E-state index contributed by atoms with van der Waals surface area (Å²) in [6.07, 6.45) is 0.678. The third kappa shape index (κ3) is 5.58. The molecule has 3 rings (SSSR count). The van der Waals surface area contributed by atoms with E-state index in [9.17, 15) is 9.59 Å². The van der Waals surface area contributed by atoms with E-state index in [-0.39, 0.29) is 17.7 Å². The van der Waals surface area contributed by atoms with Crippen LogP contribution in [0.1, 0.15) is 30.9 Å². The van der Waals surface area contributed by atoms with Crippen LogP contribution < -0.4 is 10.1 Å². The Hall–Kier alpha value is -3.33. The number of carbonyl (C=O) groups excluding carboxylic acids is 2. The topological polar surface area (TPSA) is 82.4 Å². The number of likely N-dealkylation sites (tertiary alicyclic amines) is 1. The summed E-state index contributed by atoms with van der Waals surface area (Å²) in [5.41, 5.74) is 1.62. The fraction of sp³-hybridized carbons (Fsp3) is 0.348. The second-order valence-corrected chi connectivity index (χ2v) is 7.20. The zero-order chi connectivity index (χ0) is 20.6. The quantitative estimate of drug-likeness (QED) is 0.821. The maximum absolute atomic E-state index is 12.7. The number of piperidine rings is 1. The average molecular weight is 391 g/mol. The van der Waals surface area contributed by atoms with Crippen molar-refractivity contribution in [3.05, 3.63) is 65.7 Å². The van der Waals surface area contributed by atoms with Gasteiger partial charge in [0.1, 0.15) is 5.75 Å². The van der Waals surface area contributed by atoms with E-state index in [0.717, 1.165) is 5.56 Å². The molecular weight excluding hydrogens is 366 g/mol. The molecule has 1 heterocycles. The van der Waals surface area contributed by atoms with Crippen molar-refractivity contribution >= 4 is 11.8 Å². The van der Waals surface area contributed by atoms with E-state index < -0.39 is 6.10 Å². The van der Waals surface area contributed by atoms with Gasteiger partial charge in [0.2, 0.25) is 5.91 Å². The van der Waals surface area contributed by atoms with E-state index >= 15 is 0 Å². The Bertz CT molecular complexity index is 866. The standard InChI is InChI=1S/C23H25N3O3/c1-17(29-21-9-7-18(15-24)8-10-21)23(28)26-13-11-20(12-14-26)22(27)25-16-19-5-3-2-4-6-19/h2-10,17,20H,11-14,16H2,1H3,(H,25,27). The Morgan fingerprint density at radius 1 is 1.14 bits per heavy atom. The minimum absolute atomic E-state index is 0.0443.